The van der Waals surface area contributed by atoms with Crippen LogP contribution in [0.15, 0.2) is 72.8 Å². The third-order valence-corrected chi connectivity index (χ3v) is 9.43. The Kier molecular flexibility index (Phi) is 17.1. The number of nitrogens with two attached hydrogens (primary N) is 2. The van der Waals surface area contributed by atoms with E-state index in [2.05, 4.69) is 6.92 Å². The fraction of sp³-hybridized carbons (Fsp3) is 0.465. The molecular formula is C43H56N2O7. The van der Waals surface area contributed by atoms with E-state index < -0.39 is 5.97 Å². The van der Waals surface area contributed by atoms with Gasteiger partial charge >= 0.3 is 17.9 Å². The molecule has 9 nitrogen and oxygen atoms in total. The molecule has 9 heteroatoms. The van der Waals surface area contributed by atoms with Gasteiger partial charge in [-0.05, 0) is 111 Å². The normalized spacial score (nSPS) is 15.6. The van der Waals surface area contributed by atoms with E-state index in [1.807, 2.05) is 24.3 Å². The van der Waals surface area contributed by atoms with Crippen LogP contribution in [0.5, 0.6) is 17.2 Å². The number of carbonyl (C=O) groups is 3. The third-order valence-electron chi connectivity index (χ3n) is 9.43. The van der Waals surface area contributed by atoms with Crippen molar-refractivity contribution in [2.45, 2.75) is 103 Å². The molecule has 1 saturated carbocycles. The first-order chi connectivity index (χ1) is 25.3. The molecule has 0 unspecified atom stereocenters. The molecule has 4 rings (SSSR count). The van der Waals surface area contributed by atoms with Gasteiger partial charge in [-0.1, -0.05) is 76.8 Å². The summed E-state index contributed by atoms with van der Waals surface area (Å²) in [6.07, 6.45) is 19.4. The standard InChI is InChI=1S/C43H56N2O7/c1-2-12-32-13-18-34(19-14-32)43(48)52-40-24-22-39(23-25-40)51-41(46)26-17-33-15-20-38(21-16-33)49-27-10-8-6-4-3-5-7-9-11-28-50-42(47)35-29-36(44)31-37(45)30-35/h15-17,20-26,29-32,34H,2-14,18-19,27-28,44-45H2,1H3/b26-17+. The number of anilines is 2. The number of unbranched alkanes of at least 4 members (excludes halogenated alkanes) is 8. The molecule has 0 heterocycles. The maximum Gasteiger partial charge on any atom is 0.338 e. The van der Waals surface area contributed by atoms with Crippen LogP contribution in [0.25, 0.3) is 6.08 Å². The quantitative estimate of drug-likeness (QED) is 0.0363. The van der Waals surface area contributed by atoms with E-state index in [-0.39, 0.29) is 17.9 Å². The van der Waals surface area contributed by atoms with Crippen LogP contribution in [-0.2, 0) is 14.3 Å². The minimum absolute atomic E-state index is 0.0388. The molecule has 4 N–H and O–H groups in total. The van der Waals surface area contributed by atoms with Crippen molar-refractivity contribution in [2.24, 2.45) is 11.8 Å². The number of carbonyl (C=O) groups excluding carboxylic acids is 3. The highest BCUT2D eigenvalue weighted by molar-refractivity contribution is 5.91. The molecule has 1 aliphatic rings. The van der Waals surface area contributed by atoms with Crippen molar-refractivity contribution in [1.29, 1.82) is 0 Å². The third kappa shape index (κ3) is 14.8. The monoisotopic (exact) mass is 712 g/mol. The predicted molar refractivity (Wildman–Crippen MR) is 206 cm³/mol. The van der Waals surface area contributed by atoms with Gasteiger partial charge in [-0.2, -0.15) is 0 Å². The van der Waals surface area contributed by atoms with Gasteiger partial charge in [-0.3, -0.25) is 4.79 Å². The van der Waals surface area contributed by atoms with E-state index in [4.69, 9.17) is 30.4 Å². The van der Waals surface area contributed by atoms with Gasteiger partial charge in [0, 0.05) is 17.5 Å². The number of ether oxygens (including phenoxy) is 4. The predicted octanol–water partition coefficient (Wildman–Crippen LogP) is 9.73. The molecule has 0 aliphatic heterocycles. The maximum absolute atomic E-state index is 12.6. The van der Waals surface area contributed by atoms with Gasteiger partial charge in [0.05, 0.1) is 24.7 Å². The fourth-order valence-electron chi connectivity index (χ4n) is 6.53. The molecule has 0 atom stereocenters. The first-order valence-electron chi connectivity index (χ1n) is 19.1. The van der Waals surface area contributed by atoms with Crippen molar-refractivity contribution in [3.63, 3.8) is 0 Å². The summed E-state index contributed by atoms with van der Waals surface area (Å²) in [6, 6.07) is 18.9. The minimum Gasteiger partial charge on any atom is -0.494 e. The van der Waals surface area contributed by atoms with E-state index in [9.17, 15) is 14.4 Å². The number of rotatable bonds is 21. The number of hydrogen-bond acceptors (Lipinski definition) is 9. The lowest BCUT2D eigenvalue weighted by atomic mass is 9.80. The van der Waals surface area contributed by atoms with Crippen LogP contribution >= 0.6 is 0 Å². The second-order valence-electron chi connectivity index (χ2n) is 13.8. The summed E-state index contributed by atoms with van der Waals surface area (Å²) in [5, 5.41) is 0. The fourth-order valence-corrected chi connectivity index (χ4v) is 6.53. The van der Waals surface area contributed by atoms with E-state index in [1.54, 1.807) is 48.5 Å². The van der Waals surface area contributed by atoms with Crippen LogP contribution in [0, 0.1) is 11.8 Å². The molecule has 0 saturated heterocycles. The van der Waals surface area contributed by atoms with Gasteiger partial charge in [-0.15, -0.1) is 0 Å². The number of hydrogen-bond donors (Lipinski definition) is 2. The van der Waals surface area contributed by atoms with Gasteiger partial charge in [-0.25, -0.2) is 9.59 Å². The lowest BCUT2D eigenvalue weighted by Crippen LogP contribution is -2.25. The average molecular weight is 713 g/mol. The van der Waals surface area contributed by atoms with Crippen LogP contribution in [0.3, 0.4) is 0 Å². The van der Waals surface area contributed by atoms with Crippen LogP contribution in [-0.4, -0.2) is 31.1 Å². The van der Waals surface area contributed by atoms with E-state index in [0.29, 0.717) is 41.7 Å². The summed E-state index contributed by atoms with van der Waals surface area (Å²) >= 11 is 0. The molecule has 0 radical (unpaired) electrons. The lowest BCUT2D eigenvalue weighted by molar-refractivity contribution is -0.140. The molecule has 0 bridgehead atoms. The highest BCUT2D eigenvalue weighted by atomic mass is 16.5. The Labute approximate surface area is 309 Å². The topological polar surface area (TPSA) is 140 Å². The molecule has 280 valence electrons. The maximum atomic E-state index is 12.6. The molecule has 0 amide bonds. The van der Waals surface area contributed by atoms with Crippen LogP contribution in [0.1, 0.15) is 119 Å². The Morgan fingerprint density at radius 2 is 1.21 bits per heavy atom. The summed E-state index contributed by atoms with van der Waals surface area (Å²) in [7, 11) is 0. The SMILES string of the molecule is CCCC1CCC(C(=O)Oc2ccc(OC(=O)/C=C/c3ccc(OCCCCCCCCCCCOC(=O)c4cc(N)cc(N)c4)cc3)cc2)CC1. The average Bonchev–Trinajstić information content (AvgIpc) is 3.14. The van der Waals surface area contributed by atoms with E-state index in [1.165, 1.54) is 44.6 Å². The Hall–Kier alpha value is -4.79. The Morgan fingerprint density at radius 3 is 1.81 bits per heavy atom. The van der Waals surface area contributed by atoms with Crippen LogP contribution in [0.4, 0.5) is 11.4 Å². The summed E-state index contributed by atoms with van der Waals surface area (Å²) < 4.78 is 22.2. The molecule has 1 fully saturated rings. The summed E-state index contributed by atoms with van der Waals surface area (Å²) in [6.45, 7) is 3.28. The summed E-state index contributed by atoms with van der Waals surface area (Å²) in [4.78, 5) is 37.1. The molecule has 3 aromatic carbocycles. The van der Waals surface area contributed by atoms with Crippen LogP contribution in [0.2, 0.25) is 0 Å². The molecule has 3 aromatic rings. The van der Waals surface area contributed by atoms with Crippen molar-refractivity contribution < 1.29 is 33.3 Å². The van der Waals surface area contributed by atoms with Gasteiger partial charge in [0.1, 0.15) is 17.2 Å². The van der Waals surface area contributed by atoms with Crippen molar-refractivity contribution in [2.75, 3.05) is 24.7 Å². The Bertz CT molecular complexity index is 1540. The second kappa shape index (κ2) is 22.2. The van der Waals surface area contributed by atoms with Crippen molar-refractivity contribution in [3.8, 4) is 17.2 Å². The Morgan fingerprint density at radius 1 is 0.673 bits per heavy atom. The zero-order valence-electron chi connectivity index (χ0n) is 30.7. The van der Waals surface area contributed by atoms with E-state index >= 15 is 0 Å². The van der Waals surface area contributed by atoms with Gasteiger partial charge in [0.25, 0.3) is 0 Å². The first kappa shape index (κ1) is 40.0. The van der Waals surface area contributed by atoms with Crippen molar-refractivity contribution >= 4 is 35.4 Å². The summed E-state index contributed by atoms with van der Waals surface area (Å²) in [5.74, 6) is 1.28. The van der Waals surface area contributed by atoms with Gasteiger partial charge in [0.15, 0.2) is 0 Å². The van der Waals surface area contributed by atoms with Gasteiger partial charge in [0.2, 0.25) is 0 Å². The highest BCUT2D eigenvalue weighted by Gasteiger charge is 2.27. The van der Waals surface area contributed by atoms with E-state index in [0.717, 1.165) is 75.0 Å². The minimum atomic E-state index is -0.492. The lowest BCUT2D eigenvalue weighted by Gasteiger charge is -2.26. The molecular weight excluding hydrogens is 656 g/mol. The zero-order valence-corrected chi connectivity index (χ0v) is 30.7. The molecule has 0 aromatic heterocycles. The van der Waals surface area contributed by atoms with Crippen LogP contribution < -0.4 is 25.7 Å². The number of esters is 3. The van der Waals surface area contributed by atoms with Crippen molar-refractivity contribution in [3.05, 3.63) is 83.9 Å². The highest BCUT2D eigenvalue weighted by Crippen LogP contribution is 2.32. The second-order valence-corrected chi connectivity index (χ2v) is 13.8. The van der Waals surface area contributed by atoms with Crippen molar-refractivity contribution in [1.82, 2.24) is 0 Å². The largest absolute Gasteiger partial charge is 0.494 e. The Balaban J connectivity index is 0.992. The molecule has 52 heavy (non-hydrogen) atoms. The van der Waals surface area contributed by atoms with Gasteiger partial charge < -0.3 is 30.4 Å². The first-order valence-corrected chi connectivity index (χ1v) is 19.1. The zero-order chi connectivity index (χ0) is 37.0. The summed E-state index contributed by atoms with van der Waals surface area (Å²) in [5.41, 5.74) is 13.6. The number of nitrogen functional groups attached to an aromatic ring is 2. The molecule has 0 spiro atoms. The smallest absolute Gasteiger partial charge is 0.338 e. The molecule has 1 aliphatic carbocycles. The number of benzene rings is 3.